The molecule has 1 aliphatic heterocycles. The molecule has 1 saturated heterocycles. The Morgan fingerprint density at radius 3 is 3.06 bits per heavy atom. The number of rotatable bonds is 6. The molecule has 0 aromatic heterocycles. The number of hydrazone groups is 1. The maximum Gasteiger partial charge on any atom is 0.312 e. The Hall–Kier alpha value is -1.10. The Kier molecular flexibility index (Phi) is 5.25. The average Bonchev–Trinajstić information content (AvgIpc) is 2.67. The number of aliphatic carboxylic acids is 1. The summed E-state index contributed by atoms with van der Waals surface area (Å²) in [5, 5.41) is 15.1. The lowest BCUT2D eigenvalue weighted by Gasteiger charge is -2.20. The smallest absolute Gasteiger partial charge is 0.312 e. The molecule has 0 amide bonds. The van der Waals surface area contributed by atoms with Gasteiger partial charge in [-0.15, -0.1) is 0 Å². The zero-order chi connectivity index (χ0) is 12.0. The van der Waals surface area contributed by atoms with E-state index in [0.717, 1.165) is 19.4 Å². The molecule has 1 N–H and O–H groups in total. The van der Waals surface area contributed by atoms with Crippen LogP contribution in [-0.2, 0) is 9.53 Å². The highest BCUT2D eigenvalue weighted by atomic mass is 16.5. The highest BCUT2D eigenvalue weighted by molar-refractivity contribution is 5.88. The minimum atomic E-state index is -0.811. The number of nitrogens with zero attached hydrogens (tertiary/aromatic N) is 2. The zero-order valence-electron chi connectivity index (χ0n) is 9.93. The van der Waals surface area contributed by atoms with Crippen LogP contribution in [0.1, 0.15) is 26.2 Å². The van der Waals surface area contributed by atoms with Gasteiger partial charge in [-0.3, -0.25) is 9.80 Å². The second-order valence-corrected chi connectivity index (χ2v) is 4.03. The van der Waals surface area contributed by atoms with E-state index in [2.05, 4.69) is 5.10 Å². The lowest BCUT2D eigenvalue weighted by molar-refractivity contribution is -0.139. The van der Waals surface area contributed by atoms with Crippen LogP contribution in [0.4, 0.5) is 0 Å². The number of methoxy groups -OCH3 is 1. The Labute approximate surface area is 96.1 Å². The van der Waals surface area contributed by atoms with Crippen molar-refractivity contribution >= 4 is 12.2 Å². The van der Waals surface area contributed by atoms with E-state index in [9.17, 15) is 4.79 Å². The molecular weight excluding hydrogens is 208 g/mol. The Bertz CT molecular complexity index is 256. The Balaban J connectivity index is 2.51. The molecule has 0 radical (unpaired) electrons. The lowest BCUT2D eigenvalue weighted by Crippen LogP contribution is -2.29. The maximum atomic E-state index is 10.8. The Morgan fingerprint density at radius 1 is 1.75 bits per heavy atom. The molecule has 16 heavy (non-hydrogen) atoms. The fourth-order valence-corrected chi connectivity index (χ4v) is 1.84. The summed E-state index contributed by atoms with van der Waals surface area (Å²) in [7, 11) is 1.67. The third-order valence-corrected chi connectivity index (χ3v) is 2.86. The number of ether oxygens (including phenoxy) is 1. The van der Waals surface area contributed by atoms with Crippen molar-refractivity contribution in [1.29, 1.82) is 0 Å². The van der Waals surface area contributed by atoms with E-state index >= 15 is 0 Å². The Morgan fingerprint density at radius 2 is 2.50 bits per heavy atom. The zero-order valence-corrected chi connectivity index (χ0v) is 9.93. The predicted molar refractivity (Wildman–Crippen MR) is 61.5 cm³/mol. The molecule has 0 aromatic carbocycles. The fraction of sp³-hybridized carbons (Fsp3) is 0.818. The van der Waals surface area contributed by atoms with Crippen molar-refractivity contribution in [2.24, 2.45) is 11.0 Å². The molecule has 1 fully saturated rings. The van der Waals surface area contributed by atoms with Crippen LogP contribution in [0.2, 0.25) is 0 Å². The summed E-state index contributed by atoms with van der Waals surface area (Å²) in [6, 6.07) is 0.299. The van der Waals surface area contributed by atoms with E-state index in [-0.39, 0.29) is 0 Å². The maximum absolute atomic E-state index is 10.8. The van der Waals surface area contributed by atoms with Crippen LogP contribution in [0.15, 0.2) is 5.10 Å². The highest BCUT2D eigenvalue weighted by Gasteiger charge is 2.23. The first-order valence-electron chi connectivity index (χ1n) is 5.71. The summed E-state index contributed by atoms with van der Waals surface area (Å²) in [6.45, 7) is 3.39. The molecule has 0 aromatic rings. The van der Waals surface area contributed by atoms with Gasteiger partial charge >= 0.3 is 5.97 Å². The SMILES string of the molecule is CCC(C=NN1CCC[C@H]1COC)C(=O)O. The molecule has 1 aliphatic rings. The van der Waals surface area contributed by atoms with Crippen molar-refractivity contribution in [3.05, 3.63) is 0 Å². The van der Waals surface area contributed by atoms with Crippen LogP contribution in [-0.4, -0.2) is 48.6 Å². The van der Waals surface area contributed by atoms with Crippen LogP contribution in [0.3, 0.4) is 0 Å². The molecular formula is C11H20N2O3. The molecule has 0 spiro atoms. The third kappa shape index (κ3) is 3.48. The highest BCUT2D eigenvalue weighted by Crippen LogP contribution is 2.17. The first kappa shape index (κ1) is 13.0. The van der Waals surface area contributed by atoms with E-state index in [0.29, 0.717) is 19.1 Å². The summed E-state index contributed by atoms with van der Waals surface area (Å²) >= 11 is 0. The quantitative estimate of drug-likeness (QED) is 0.694. The first-order chi connectivity index (χ1) is 7.69. The second kappa shape index (κ2) is 6.48. The molecule has 0 aliphatic carbocycles. The minimum absolute atomic E-state index is 0.299. The van der Waals surface area contributed by atoms with E-state index in [1.807, 2.05) is 11.9 Å². The van der Waals surface area contributed by atoms with Crippen molar-refractivity contribution in [3.63, 3.8) is 0 Å². The number of carbonyl (C=O) groups is 1. The largest absolute Gasteiger partial charge is 0.481 e. The van der Waals surface area contributed by atoms with Crippen LogP contribution in [0.5, 0.6) is 0 Å². The van der Waals surface area contributed by atoms with Gasteiger partial charge in [-0.2, -0.15) is 5.10 Å². The summed E-state index contributed by atoms with van der Waals surface area (Å²) in [4.78, 5) is 10.8. The van der Waals surface area contributed by atoms with E-state index in [1.54, 1.807) is 7.11 Å². The van der Waals surface area contributed by atoms with Crippen molar-refractivity contribution in [3.8, 4) is 0 Å². The molecule has 1 heterocycles. The van der Waals surface area contributed by atoms with Crippen molar-refractivity contribution in [2.45, 2.75) is 32.2 Å². The van der Waals surface area contributed by atoms with E-state index < -0.39 is 11.9 Å². The number of hydrogen-bond acceptors (Lipinski definition) is 4. The molecule has 2 atom stereocenters. The molecule has 92 valence electrons. The van der Waals surface area contributed by atoms with Crippen LogP contribution >= 0.6 is 0 Å². The van der Waals surface area contributed by atoms with Gasteiger partial charge in [0.25, 0.3) is 0 Å². The molecule has 0 saturated carbocycles. The van der Waals surface area contributed by atoms with Gasteiger partial charge in [0.15, 0.2) is 0 Å². The molecule has 0 bridgehead atoms. The van der Waals surface area contributed by atoms with E-state index in [4.69, 9.17) is 9.84 Å². The second-order valence-electron chi connectivity index (χ2n) is 4.03. The fourth-order valence-electron chi connectivity index (χ4n) is 1.84. The predicted octanol–water partition coefficient (Wildman–Crippen LogP) is 1.19. The summed E-state index contributed by atoms with van der Waals surface area (Å²) in [5.41, 5.74) is 0. The molecule has 1 unspecified atom stereocenters. The third-order valence-electron chi connectivity index (χ3n) is 2.86. The van der Waals surface area contributed by atoms with Gasteiger partial charge in [-0.25, -0.2) is 0 Å². The van der Waals surface area contributed by atoms with Gasteiger partial charge in [-0.05, 0) is 19.3 Å². The lowest BCUT2D eigenvalue weighted by atomic mass is 10.1. The summed E-state index contributed by atoms with van der Waals surface area (Å²) in [6.07, 6.45) is 4.27. The van der Waals surface area contributed by atoms with Crippen LogP contribution < -0.4 is 0 Å². The number of hydrogen-bond donors (Lipinski definition) is 1. The van der Waals surface area contributed by atoms with Crippen molar-refractivity contribution < 1.29 is 14.6 Å². The molecule has 5 heteroatoms. The van der Waals surface area contributed by atoms with Gasteiger partial charge in [0, 0.05) is 19.9 Å². The van der Waals surface area contributed by atoms with Gasteiger partial charge in [-0.1, -0.05) is 6.92 Å². The standard InChI is InChI=1S/C11H20N2O3/c1-3-9(11(14)15)7-12-13-6-4-5-10(13)8-16-2/h7,9-10H,3-6,8H2,1-2H3,(H,14,15)/t9?,10-/m0/s1. The van der Waals surface area contributed by atoms with E-state index in [1.165, 1.54) is 6.21 Å². The van der Waals surface area contributed by atoms with Gasteiger partial charge in [0.05, 0.1) is 18.6 Å². The summed E-state index contributed by atoms with van der Waals surface area (Å²) in [5.74, 6) is -1.29. The van der Waals surface area contributed by atoms with Crippen molar-refractivity contribution in [2.75, 3.05) is 20.3 Å². The average molecular weight is 228 g/mol. The van der Waals surface area contributed by atoms with Crippen molar-refractivity contribution in [1.82, 2.24) is 5.01 Å². The first-order valence-corrected chi connectivity index (χ1v) is 5.71. The van der Waals surface area contributed by atoms with Gasteiger partial charge in [0.2, 0.25) is 0 Å². The van der Waals surface area contributed by atoms with Crippen LogP contribution in [0.25, 0.3) is 0 Å². The molecule has 5 nitrogen and oxygen atoms in total. The monoisotopic (exact) mass is 228 g/mol. The number of carboxylic acid groups (broad SMARTS) is 1. The minimum Gasteiger partial charge on any atom is -0.481 e. The van der Waals surface area contributed by atoms with Crippen LogP contribution in [0, 0.1) is 5.92 Å². The topological polar surface area (TPSA) is 62.1 Å². The number of carboxylic acids is 1. The van der Waals surface area contributed by atoms with Gasteiger partial charge < -0.3 is 9.84 Å². The molecule has 1 rings (SSSR count). The normalized spacial score (nSPS) is 22.9. The van der Waals surface area contributed by atoms with Gasteiger partial charge in [0.1, 0.15) is 0 Å². The summed E-state index contributed by atoms with van der Waals surface area (Å²) < 4.78 is 5.10.